The highest BCUT2D eigenvalue weighted by atomic mass is 32.2. The Kier molecular flexibility index (Phi) is 38.0. The summed E-state index contributed by atoms with van der Waals surface area (Å²) < 4.78 is 0. The van der Waals surface area contributed by atoms with Crippen LogP contribution in [0.15, 0.2) is 6.58 Å². The Balaban J connectivity index is -0.000000130. The van der Waals surface area contributed by atoms with Gasteiger partial charge in [-0.05, 0) is 38.0 Å². The van der Waals surface area contributed by atoms with Crippen LogP contribution in [0.2, 0.25) is 0 Å². The second kappa shape index (κ2) is 29.1. The molecular formula is C20H38O7S4. The molecule has 0 aromatic heterocycles. The first kappa shape index (κ1) is 40.5. The lowest BCUT2D eigenvalue weighted by Crippen LogP contribution is -2.17. The number of hydrogen-bond donors (Lipinski definition) is 4. The van der Waals surface area contributed by atoms with Gasteiger partial charge in [-0.3, -0.25) is 19.2 Å². The van der Waals surface area contributed by atoms with Crippen molar-refractivity contribution in [2.75, 3.05) is 11.5 Å². The van der Waals surface area contributed by atoms with Gasteiger partial charge < -0.3 is 10.2 Å². The van der Waals surface area contributed by atoms with Crippen molar-refractivity contribution in [1.29, 1.82) is 0 Å². The average molecular weight is 519 g/mol. The van der Waals surface area contributed by atoms with E-state index in [1.807, 2.05) is 0 Å². The molecule has 0 rings (SSSR count). The summed E-state index contributed by atoms with van der Waals surface area (Å²) in [6.45, 7) is 5.56. The summed E-state index contributed by atoms with van der Waals surface area (Å²) in [6.07, 6.45) is 4.48. The second-order valence-corrected chi connectivity index (χ2v) is 9.21. The third-order valence-corrected chi connectivity index (χ3v) is 5.67. The van der Waals surface area contributed by atoms with E-state index in [1.54, 1.807) is 0 Å². The predicted molar refractivity (Wildman–Crippen MR) is 140 cm³/mol. The molecule has 31 heavy (non-hydrogen) atoms. The van der Waals surface area contributed by atoms with Crippen molar-refractivity contribution in [3.63, 3.8) is 0 Å². The molecule has 0 saturated heterocycles. The Morgan fingerprint density at radius 3 is 1.77 bits per heavy atom. The van der Waals surface area contributed by atoms with Crippen LogP contribution >= 0.6 is 48.8 Å². The minimum absolute atomic E-state index is 0. The number of carbonyl (C=O) groups excluding carboxylic acids is 3. The molecule has 0 aliphatic carbocycles. The van der Waals surface area contributed by atoms with Gasteiger partial charge in [0.05, 0.1) is 5.25 Å². The Morgan fingerprint density at radius 1 is 0.935 bits per heavy atom. The number of rotatable bonds is 12. The number of carbonyl (C=O) groups is 4. The van der Waals surface area contributed by atoms with E-state index >= 15 is 0 Å². The highest BCUT2D eigenvalue weighted by Gasteiger charge is 2.19. The standard InChI is InChI=1S/C10H16O4S2.C6H12O2S2.C2H2O.2CH4/c1-7(11)15-6-4-3-5-9(10(13)14)16-8(2)12;7-6(8)5(10)3-1-2-4-9;1-2-3;;/h9H,3-6H2,1-2H3,(H,13,14);5,9-10H,1-4H2,(H,7,8);1H2;2*1H4. The lowest BCUT2D eigenvalue weighted by molar-refractivity contribution is -0.137. The fourth-order valence-electron chi connectivity index (χ4n) is 1.65. The molecule has 7 nitrogen and oxygen atoms in total. The van der Waals surface area contributed by atoms with Gasteiger partial charge in [0.25, 0.3) is 0 Å². The highest BCUT2D eigenvalue weighted by Crippen LogP contribution is 2.19. The summed E-state index contributed by atoms with van der Waals surface area (Å²) >= 11 is 9.98. The van der Waals surface area contributed by atoms with Crippen LogP contribution in [0.5, 0.6) is 0 Å². The molecule has 2 N–H and O–H groups in total. The lowest BCUT2D eigenvalue weighted by atomic mass is 10.2. The number of thioether (sulfide) groups is 2. The van der Waals surface area contributed by atoms with Crippen molar-refractivity contribution in [2.45, 2.75) is 77.7 Å². The largest absolute Gasteiger partial charge is 0.480 e. The molecule has 0 saturated carbocycles. The fraction of sp³-hybridized carbons (Fsp3) is 0.700. The number of carboxylic acids is 2. The molecule has 2 unspecified atom stereocenters. The van der Waals surface area contributed by atoms with E-state index in [-0.39, 0.29) is 25.1 Å². The number of unbranched alkanes of at least 4 members (excludes halogenated alkanes) is 2. The van der Waals surface area contributed by atoms with Crippen LogP contribution in [0.1, 0.15) is 67.2 Å². The van der Waals surface area contributed by atoms with Crippen molar-refractivity contribution in [3.05, 3.63) is 6.58 Å². The molecule has 2 atom stereocenters. The van der Waals surface area contributed by atoms with Gasteiger partial charge >= 0.3 is 11.9 Å². The molecule has 11 heteroatoms. The van der Waals surface area contributed by atoms with Gasteiger partial charge in [-0.25, -0.2) is 4.79 Å². The zero-order valence-electron chi connectivity index (χ0n) is 16.7. The third-order valence-electron chi connectivity index (χ3n) is 2.92. The molecular weight excluding hydrogens is 480 g/mol. The zero-order chi connectivity index (χ0) is 23.2. The summed E-state index contributed by atoms with van der Waals surface area (Å²) in [4.78, 5) is 50.9. The SMILES string of the molecule is C.C.C=C=O.CC(=O)SCCCCC(SC(C)=O)C(=O)O.O=C(O)C(S)CCCCS. The van der Waals surface area contributed by atoms with E-state index in [9.17, 15) is 19.2 Å². The molecule has 0 bridgehead atoms. The Bertz CT molecular complexity index is 522. The predicted octanol–water partition coefficient (Wildman–Crippen LogP) is 4.92. The van der Waals surface area contributed by atoms with E-state index < -0.39 is 22.4 Å². The Morgan fingerprint density at radius 2 is 1.42 bits per heavy atom. The van der Waals surface area contributed by atoms with Crippen LogP contribution in [0, 0.1) is 0 Å². The Labute approximate surface area is 206 Å². The summed E-state index contributed by atoms with van der Waals surface area (Å²) in [5.41, 5.74) is 0. The molecule has 0 aliphatic heterocycles. The van der Waals surface area contributed by atoms with Gasteiger partial charge in [0.15, 0.2) is 10.2 Å². The monoisotopic (exact) mass is 518 g/mol. The molecule has 0 amide bonds. The summed E-state index contributed by atoms with van der Waals surface area (Å²) in [7, 11) is 0. The van der Waals surface area contributed by atoms with E-state index in [0.717, 1.165) is 43.2 Å². The number of aliphatic carboxylic acids is 2. The highest BCUT2D eigenvalue weighted by molar-refractivity contribution is 8.14. The van der Waals surface area contributed by atoms with E-state index in [1.165, 1.54) is 31.6 Å². The maximum absolute atomic E-state index is 10.8. The van der Waals surface area contributed by atoms with Gasteiger partial charge in [0.2, 0.25) is 0 Å². The van der Waals surface area contributed by atoms with Crippen LogP contribution in [0.25, 0.3) is 0 Å². The van der Waals surface area contributed by atoms with Gasteiger partial charge in [0, 0.05) is 19.6 Å². The van der Waals surface area contributed by atoms with Crippen molar-refractivity contribution >= 4 is 76.9 Å². The normalized spacial score (nSPS) is 10.7. The van der Waals surface area contributed by atoms with E-state index in [4.69, 9.17) is 15.0 Å². The molecule has 184 valence electrons. The second-order valence-electron chi connectivity index (χ2n) is 5.49. The van der Waals surface area contributed by atoms with Gasteiger partial charge in [-0.2, -0.15) is 25.3 Å². The molecule has 0 heterocycles. The van der Waals surface area contributed by atoms with Crippen molar-refractivity contribution in [1.82, 2.24) is 0 Å². The quantitative estimate of drug-likeness (QED) is 0.162. The van der Waals surface area contributed by atoms with Crippen LogP contribution < -0.4 is 0 Å². The number of hydrogen-bond acceptors (Lipinski definition) is 9. The van der Waals surface area contributed by atoms with Crippen LogP contribution in [-0.2, 0) is 24.0 Å². The molecule has 0 spiro atoms. The summed E-state index contributed by atoms with van der Waals surface area (Å²) in [5.74, 6) is 1.01. The molecule has 0 aliphatic rings. The topological polar surface area (TPSA) is 126 Å². The number of carboxylic acid groups (broad SMARTS) is 2. The maximum atomic E-state index is 10.8. The first-order valence-electron chi connectivity index (χ1n) is 8.72. The minimum Gasteiger partial charge on any atom is -0.480 e. The van der Waals surface area contributed by atoms with Crippen molar-refractivity contribution in [3.8, 4) is 0 Å². The molecule has 0 aromatic rings. The molecule has 0 fully saturated rings. The summed E-state index contributed by atoms with van der Waals surface area (Å²) in [6, 6.07) is 0. The third kappa shape index (κ3) is 36.8. The van der Waals surface area contributed by atoms with Gasteiger partial charge in [-0.1, -0.05) is 51.2 Å². The van der Waals surface area contributed by atoms with E-state index in [2.05, 4.69) is 31.8 Å². The van der Waals surface area contributed by atoms with Crippen molar-refractivity contribution < 1.29 is 34.2 Å². The minimum atomic E-state index is -0.945. The fourth-order valence-corrected chi connectivity index (χ4v) is 3.48. The smallest absolute Gasteiger partial charge is 0.317 e. The number of thiol groups is 2. The lowest BCUT2D eigenvalue weighted by Gasteiger charge is -2.08. The van der Waals surface area contributed by atoms with Gasteiger partial charge in [-0.15, -0.1) is 0 Å². The molecule has 0 radical (unpaired) electrons. The Hall–Kier alpha value is -0.870. The van der Waals surface area contributed by atoms with Crippen molar-refractivity contribution in [2.24, 2.45) is 0 Å². The van der Waals surface area contributed by atoms with Crippen LogP contribution in [-0.4, -0.2) is 60.3 Å². The van der Waals surface area contributed by atoms with Gasteiger partial charge in [0.1, 0.15) is 11.2 Å². The van der Waals surface area contributed by atoms with Crippen LogP contribution in [0.4, 0.5) is 0 Å². The summed E-state index contributed by atoms with van der Waals surface area (Å²) in [5, 5.41) is 16.0. The van der Waals surface area contributed by atoms with Crippen LogP contribution in [0.3, 0.4) is 0 Å². The zero-order valence-corrected chi connectivity index (χ0v) is 20.1. The first-order chi connectivity index (χ1) is 13.5. The maximum Gasteiger partial charge on any atom is 0.317 e. The van der Waals surface area contributed by atoms with E-state index in [0.29, 0.717) is 18.6 Å². The molecule has 0 aromatic carbocycles. The average Bonchev–Trinajstić information content (AvgIpc) is 2.61. The first-order valence-corrected chi connectivity index (χ1v) is 11.7.